The molecule has 2 N–H and O–H groups in total. The quantitative estimate of drug-likeness (QED) is 0.0290. The van der Waals surface area contributed by atoms with E-state index in [0.717, 1.165) is 104 Å². The van der Waals surface area contributed by atoms with E-state index in [4.69, 9.17) is 38.4 Å². The van der Waals surface area contributed by atoms with Crippen LogP contribution in [0, 0.1) is 13.8 Å². The van der Waals surface area contributed by atoms with E-state index in [2.05, 4.69) is 51.2 Å². The molecule has 0 radical (unpaired) electrons. The van der Waals surface area contributed by atoms with Crippen LogP contribution in [0.25, 0.3) is 42.7 Å². The van der Waals surface area contributed by atoms with Crippen molar-refractivity contribution in [2.24, 2.45) is 0 Å². The molecule has 0 saturated carbocycles. The van der Waals surface area contributed by atoms with E-state index in [1.165, 1.54) is 22.7 Å². The number of ether oxygens (including phenoxy) is 6. The second-order valence-corrected chi connectivity index (χ2v) is 33.3. The van der Waals surface area contributed by atoms with Crippen molar-refractivity contribution < 1.29 is 57.2 Å². The normalized spacial score (nSPS) is 15.4. The summed E-state index contributed by atoms with van der Waals surface area (Å²) < 4.78 is 38.4. The number of benzene rings is 6. The summed E-state index contributed by atoms with van der Waals surface area (Å²) in [6.07, 6.45) is 1.36. The number of nitrogens with one attached hydrogen (secondary N) is 2. The Kier molecular flexibility index (Phi) is 24.8. The maximum absolute atomic E-state index is 15.4. The van der Waals surface area contributed by atoms with Crippen molar-refractivity contribution in [1.29, 1.82) is 0 Å². The average Bonchev–Trinajstić information content (AvgIpc) is 1.13. The molecule has 2 fully saturated rings. The number of pyridine rings is 2. The summed E-state index contributed by atoms with van der Waals surface area (Å²) in [6, 6.07) is 46.3. The van der Waals surface area contributed by atoms with E-state index in [-0.39, 0.29) is 29.2 Å². The maximum Gasteiger partial charge on any atom is 0.363 e. The summed E-state index contributed by atoms with van der Waals surface area (Å²) >= 11 is 2.84. The fraction of sp³-hybridized carbons (Fsp3) is 0.386. The highest BCUT2D eigenvalue weighted by Gasteiger charge is 2.38. The Morgan fingerprint density at radius 1 is 0.491 bits per heavy atom. The molecule has 4 aromatic heterocycles. The molecule has 14 rings (SSSR count). The second-order valence-electron chi connectivity index (χ2n) is 31.2. The van der Waals surface area contributed by atoms with E-state index in [0.29, 0.717) is 160 Å². The number of piperazine rings is 2. The SMILES string of the molecule is CCOC(=O)CN1CCN(CCCOc2ccc(-c3ccc(N4CCc5cccc(C(=O)Nc6nc7ccccc7s6)c5C4)nc3C(=O)OC(C(=O)OC(C)(C)C)N3CCN(CCCOc4ccc(-c5ccc(N6CCc7cccc(C(=O)Nc8nc9ccccc9s8)c7C6)nc5C(=O)OC(C)(C)C)c(C)c4)CC3)c(C)c2)CC1. The Bertz CT molecular complexity index is 5150. The third kappa shape index (κ3) is 19.5. The molecule has 0 spiro atoms. The third-order valence-corrected chi connectivity index (χ3v) is 22.6. The molecule has 4 aliphatic rings. The zero-order valence-electron chi connectivity index (χ0n) is 66.2. The number of anilines is 4. The minimum atomic E-state index is -1.41. The van der Waals surface area contributed by atoms with E-state index >= 15 is 4.79 Å². The third-order valence-electron chi connectivity index (χ3n) is 20.7. The van der Waals surface area contributed by atoms with E-state index < -0.39 is 35.3 Å². The molecule has 114 heavy (non-hydrogen) atoms. The predicted molar refractivity (Wildman–Crippen MR) is 444 cm³/mol. The number of amides is 2. The maximum atomic E-state index is 15.4. The first-order valence-corrected chi connectivity index (χ1v) is 40.9. The van der Waals surface area contributed by atoms with Gasteiger partial charge in [0, 0.05) is 114 Å². The van der Waals surface area contributed by atoms with Gasteiger partial charge in [-0.05, 0) is 217 Å². The first-order chi connectivity index (χ1) is 54.9. The smallest absolute Gasteiger partial charge is 0.363 e. The summed E-state index contributed by atoms with van der Waals surface area (Å²) in [5.41, 5.74) is 9.39. The highest BCUT2D eigenvalue weighted by atomic mass is 32.1. The Morgan fingerprint density at radius 2 is 0.947 bits per heavy atom. The molecule has 6 aromatic carbocycles. The number of carbonyl (C=O) groups is 6. The van der Waals surface area contributed by atoms with Gasteiger partial charge in [0.1, 0.15) is 34.3 Å². The van der Waals surface area contributed by atoms with Crippen molar-refractivity contribution >= 4 is 101 Å². The summed E-state index contributed by atoms with van der Waals surface area (Å²) in [5.74, 6) is -0.341. The van der Waals surface area contributed by atoms with Gasteiger partial charge >= 0.3 is 23.9 Å². The van der Waals surface area contributed by atoms with Gasteiger partial charge in [-0.15, -0.1) is 0 Å². The number of hydrogen-bond donors (Lipinski definition) is 2. The van der Waals surface area contributed by atoms with Crippen LogP contribution in [0.3, 0.4) is 0 Å². The highest BCUT2D eigenvalue weighted by molar-refractivity contribution is 7.22. The molecule has 8 heterocycles. The Balaban J connectivity index is 0.635. The monoisotopic (exact) mass is 1580 g/mol. The van der Waals surface area contributed by atoms with Gasteiger partial charge in [-0.1, -0.05) is 83.3 Å². The van der Waals surface area contributed by atoms with Crippen LogP contribution in [-0.2, 0) is 54.5 Å². The molecule has 10 aromatic rings. The summed E-state index contributed by atoms with van der Waals surface area (Å²) in [6.45, 7) is 26.8. The van der Waals surface area contributed by atoms with Crippen LogP contribution in [0.15, 0.2) is 146 Å². The Hall–Kier alpha value is -10.7. The van der Waals surface area contributed by atoms with Crippen molar-refractivity contribution in [2.75, 3.05) is 125 Å². The zero-order chi connectivity index (χ0) is 79.8. The lowest BCUT2D eigenvalue weighted by atomic mass is 9.94. The van der Waals surface area contributed by atoms with Crippen molar-refractivity contribution in [3.63, 3.8) is 0 Å². The van der Waals surface area contributed by atoms with Gasteiger partial charge in [-0.2, -0.15) is 0 Å². The van der Waals surface area contributed by atoms with Crippen molar-refractivity contribution in [1.82, 2.24) is 39.5 Å². The molecule has 1 atom stereocenters. The van der Waals surface area contributed by atoms with Crippen LogP contribution < -0.4 is 29.9 Å². The minimum absolute atomic E-state index is 0.00921. The lowest BCUT2D eigenvalue weighted by Gasteiger charge is -2.38. The molecule has 26 heteroatoms. The molecule has 0 aliphatic carbocycles. The molecular weight excluding hydrogens is 1480 g/mol. The fourth-order valence-corrected chi connectivity index (χ4v) is 16.8. The van der Waals surface area contributed by atoms with Gasteiger partial charge in [0.25, 0.3) is 18.0 Å². The first kappa shape index (κ1) is 79.9. The van der Waals surface area contributed by atoms with Gasteiger partial charge < -0.3 is 48.0 Å². The van der Waals surface area contributed by atoms with Crippen LogP contribution in [0.5, 0.6) is 11.5 Å². The number of aryl methyl sites for hydroxylation is 2. The lowest BCUT2D eigenvalue weighted by Crippen LogP contribution is -2.55. The topological polar surface area (TPSA) is 253 Å². The number of para-hydroxylation sites is 2. The number of carbonyl (C=O) groups excluding carboxylic acids is 6. The molecule has 0 bridgehead atoms. The average molecular weight is 1580 g/mol. The molecule has 2 amide bonds. The van der Waals surface area contributed by atoms with Crippen LogP contribution in [0.1, 0.15) is 136 Å². The number of aromatic nitrogens is 4. The van der Waals surface area contributed by atoms with Gasteiger partial charge in [-0.25, -0.2) is 34.3 Å². The largest absolute Gasteiger partial charge is 0.494 e. The van der Waals surface area contributed by atoms with Crippen LogP contribution in [0.2, 0.25) is 0 Å². The van der Waals surface area contributed by atoms with Crippen LogP contribution in [-0.4, -0.2) is 198 Å². The van der Waals surface area contributed by atoms with Gasteiger partial charge in [0.2, 0.25) is 0 Å². The Morgan fingerprint density at radius 3 is 1.41 bits per heavy atom. The predicted octanol–water partition coefficient (Wildman–Crippen LogP) is 14.1. The number of rotatable bonds is 26. The number of hydrogen-bond acceptors (Lipinski definition) is 24. The van der Waals surface area contributed by atoms with Crippen molar-refractivity contribution in [3.05, 3.63) is 201 Å². The molecule has 1 unspecified atom stereocenters. The van der Waals surface area contributed by atoms with E-state index in [9.17, 15) is 24.0 Å². The first-order valence-electron chi connectivity index (χ1n) is 39.2. The second kappa shape index (κ2) is 35.3. The number of nitrogens with zero attached hydrogens (tertiary/aromatic N) is 10. The molecule has 24 nitrogen and oxygen atoms in total. The summed E-state index contributed by atoms with van der Waals surface area (Å²) in [4.78, 5) is 117. The van der Waals surface area contributed by atoms with Crippen LogP contribution in [0.4, 0.5) is 21.9 Å². The standard InChI is InChI=1S/C88H98N12O12S2/c1-10-107-76(101)55-97-43-41-95(42-44-97)37-17-49-108-60-27-29-62(56(2)51-60)64-31-33-74(99-39-35-58-19-15-21-66(68(58)53-99)79(102)93-85-89-70-23-11-13-25-72(70)113-85)91-77(64)82(104)110-81(84(106)112-88(7,8)9)98-47-45-96(46-48-98)38-18-50-109-61-28-30-63(57(3)52-61)65-32-34-75(92-78(65)83(105)111-87(4,5)6)100-40-36-59-20-16-22-67(69(59)54-100)80(103)94-86-90-71-24-12-14-26-73(71)114-86/h11-16,19-34,51-52,81H,10,17-18,35-50,53-55H2,1-9H3,(H,89,93,102)(H,90,94,103). The van der Waals surface area contributed by atoms with E-state index in [1.807, 2.05) is 186 Å². The van der Waals surface area contributed by atoms with E-state index in [1.54, 1.807) is 20.8 Å². The molecule has 594 valence electrons. The zero-order valence-corrected chi connectivity index (χ0v) is 67.8. The van der Waals surface area contributed by atoms with Gasteiger partial charge in [-0.3, -0.25) is 34.8 Å². The number of thiazole rings is 2. The molecule has 2 saturated heterocycles. The summed E-state index contributed by atoms with van der Waals surface area (Å²) in [7, 11) is 0. The lowest BCUT2D eigenvalue weighted by molar-refractivity contribution is -0.178. The van der Waals surface area contributed by atoms with Crippen molar-refractivity contribution in [3.8, 4) is 33.8 Å². The fourth-order valence-electron chi connectivity index (χ4n) is 15.1. The minimum Gasteiger partial charge on any atom is -0.494 e. The number of fused-ring (bicyclic) bond motifs is 4. The summed E-state index contributed by atoms with van der Waals surface area (Å²) in [5, 5.41) is 7.11. The Labute approximate surface area is 672 Å². The molecule has 4 aliphatic heterocycles. The number of esters is 4. The van der Waals surface area contributed by atoms with Crippen LogP contribution >= 0.6 is 22.7 Å². The highest BCUT2D eigenvalue weighted by Crippen LogP contribution is 2.38. The van der Waals surface area contributed by atoms with Crippen molar-refractivity contribution in [2.45, 2.75) is 119 Å². The molecular formula is C88H98N12O12S2. The van der Waals surface area contributed by atoms with Gasteiger partial charge in [0.05, 0.1) is 46.8 Å². The van der Waals surface area contributed by atoms with Gasteiger partial charge in [0.15, 0.2) is 21.7 Å².